The van der Waals surface area contributed by atoms with Gasteiger partial charge in [0.25, 0.3) is 0 Å². The second kappa shape index (κ2) is 8.23. The number of rotatable bonds is 7. The molecule has 0 unspecified atom stereocenters. The molecule has 0 saturated carbocycles. The van der Waals surface area contributed by atoms with E-state index < -0.39 is 6.04 Å². The van der Waals surface area contributed by atoms with Crippen molar-refractivity contribution >= 4 is 11.8 Å². The largest absolute Gasteiger partial charge is 0.356 e. The van der Waals surface area contributed by atoms with E-state index in [0.717, 1.165) is 6.42 Å². The SMILES string of the molecule is CCCNC(=O)CCNC(=O)[C@@H](N)CC. The van der Waals surface area contributed by atoms with Crippen LogP contribution in [-0.2, 0) is 9.59 Å². The first kappa shape index (κ1) is 13.9. The van der Waals surface area contributed by atoms with Crippen LogP contribution in [0.3, 0.4) is 0 Å². The highest BCUT2D eigenvalue weighted by atomic mass is 16.2. The summed E-state index contributed by atoms with van der Waals surface area (Å²) in [5, 5.41) is 5.34. The van der Waals surface area contributed by atoms with Gasteiger partial charge in [-0.2, -0.15) is 0 Å². The molecule has 0 saturated heterocycles. The Labute approximate surface area is 90.8 Å². The first-order valence-electron chi connectivity index (χ1n) is 5.41. The van der Waals surface area contributed by atoms with Gasteiger partial charge in [0.1, 0.15) is 0 Å². The zero-order valence-corrected chi connectivity index (χ0v) is 9.51. The van der Waals surface area contributed by atoms with Crippen molar-refractivity contribution < 1.29 is 9.59 Å². The summed E-state index contributed by atoms with van der Waals surface area (Å²) in [6.45, 7) is 4.86. The molecular formula is C10H21N3O2. The van der Waals surface area contributed by atoms with Crippen molar-refractivity contribution in [3.63, 3.8) is 0 Å². The maximum absolute atomic E-state index is 11.2. The zero-order valence-electron chi connectivity index (χ0n) is 9.51. The summed E-state index contributed by atoms with van der Waals surface area (Å²) in [6, 6.07) is -0.469. The summed E-state index contributed by atoms with van der Waals surface area (Å²) in [6.07, 6.45) is 1.83. The summed E-state index contributed by atoms with van der Waals surface area (Å²) in [4.78, 5) is 22.3. The van der Waals surface area contributed by atoms with Crippen LogP contribution in [-0.4, -0.2) is 30.9 Å². The first-order chi connectivity index (χ1) is 7.11. The maximum atomic E-state index is 11.2. The van der Waals surface area contributed by atoms with Gasteiger partial charge < -0.3 is 16.4 Å². The van der Waals surface area contributed by atoms with E-state index in [4.69, 9.17) is 5.73 Å². The highest BCUT2D eigenvalue weighted by molar-refractivity contribution is 5.82. The van der Waals surface area contributed by atoms with E-state index in [1.165, 1.54) is 0 Å². The minimum atomic E-state index is -0.469. The molecule has 0 aliphatic rings. The van der Waals surface area contributed by atoms with Crippen LogP contribution < -0.4 is 16.4 Å². The lowest BCUT2D eigenvalue weighted by atomic mass is 10.2. The lowest BCUT2D eigenvalue weighted by molar-refractivity contribution is -0.123. The zero-order chi connectivity index (χ0) is 11.7. The summed E-state index contributed by atoms with van der Waals surface area (Å²) in [5.41, 5.74) is 5.50. The van der Waals surface area contributed by atoms with Gasteiger partial charge in [-0.3, -0.25) is 9.59 Å². The maximum Gasteiger partial charge on any atom is 0.236 e. The molecule has 0 aliphatic heterocycles. The number of carbonyl (C=O) groups excluding carboxylic acids is 2. The smallest absolute Gasteiger partial charge is 0.236 e. The quantitative estimate of drug-likeness (QED) is 0.548. The van der Waals surface area contributed by atoms with Gasteiger partial charge in [0, 0.05) is 19.5 Å². The molecule has 15 heavy (non-hydrogen) atoms. The Kier molecular flexibility index (Phi) is 7.62. The van der Waals surface area contributed by atoms with Gasteiger partial charge in [0.2, 0.25) is 11.8 Å². The molecule has 0 bridgehead atoms. The van der Waals surface area contributed by atoms with Crippen molar-refractivity contribution in [2.75, 3.05) is 13.1 Å². The van der Waals surface area contributed by atoms with Gasteiger partial charge in [-0.1, -0.05) is 13.8 Å². The van der Waals surface area contributed by atoms with Crippen LogP contribution in [0.1, 0.15) is 33.1 Å². The lowest BCUT2D eigenvalue weighted by Gasteiger charge is -2.09. The summed E-state index contributed by atoms with van der Waals surface area (Å²) in [5.74, 6) is -0.233. The van der Waals surface area contributed by atoms with E-state index in [-0.39, 0.29) is 11.8 Å². The molecule has 5 heteroatoms. The number of amides is 2. The topological polar surface area (TPSA) is 84.2 Å². The third kappa shape index (κ3) is 6.90. The van der Waals surface area contributed by atoms with Crippen LogP contribution in [0, 0.1) is 0 Å². The average Bonchev–Trinajstić information content (AvgIpc) is 2.24. The monoisotopic (exact) mass is 215 g/mol. The number of hydrogen-bond acceptors (Lipinski definition) is 3. The lowest BCUT2D eigenvalue weighted by Crippen LogP contribution is -2.41. The van der Waals surface area contributed by atoms with Gasteiger partial charge in [-0.25, -0.2) is 0 Å². The molecule has 0 aromatic carbocycles. The Morgan fingerprint density at radius 3 is 2.40 bits per heavy atom. The van der Waals surface area contributed by atoms with Gasteiger partial charge in [0.05, 0.1) is 6.04 Å². The van der Waals surface area contributed by atoms with Crippen molar-refractivity contribution in [3.05, 3.63) is 0 Å². The molecular weight excluding hydrogens is 194 g/mol. The van der Waals surface area contributed by atoms with E-state index in [9.17, 15) is 9.59 Å². The summed E-state index contributed by atoms with van der Waals surface area (Å²) < 4.78 is 0. The molecule has 0 fully saturated rings. The van der Waals surface area contributed by atoms with Crippen molar-refractivity contribution in [2.24, 2.45) is 5.73 Å². The van der Waals surface area contributed by atoms with Gasteiger partial charge in [-0.05, 0) is 12.8 Å². The second-order valence-electron chi connectivity index (χ2n) is 3.41. The van der Waals surface area contributed by atoms with E-state index >= 15 is 0 Å². The molecule has 5 nitrogen and oxygen atoms in total. The predicted octanol–water partition coefficient (Wildman–Crippen LogP) is -0.244. The number of nitrogens with one attached hydrogen (secondary N) is 2. The van der Waals surface area contributed by atoms with Gasteiger partial charge in [0.15, 0.2) is 0 Å². The molecule has 88 valence electrons. The molecule has 0 radical (unpaired) electrons. The number of nitrogens with two attached hydrogens (primary N) is 1. The van der Waals surface area contributed by atoms with Crippen LogP contribution in [0.2, 0.25) is 0 Å². The average molecular weight is 215 g/mol. The molecule has 0 heterocycles. The van der Waals surface area contributed by atoms with Gasteiger partial charge >= 0.3 is 0 Å². The third-order valence-electron chi connectivity index (χ3n) is 2.00. The molecule has 0 aliphatic carbocycles. The van der Waals surface area contributed by atoms with Crippen molar-refractivity contribution in [1.82, 2.24) is 10.6 Å². The van der Waals surface area contributed by atoms with Crippen LogP contribution in [0.15, 0.2) is 0 Å². The minimum Gasteiger partial charge on any atom is -0.356 e. The minimum absolute atomic E-state index is 0.0396. The molecule has 1 atom stereocenters. The van der Waals surface area contributed by atoms with E-state index in [1.807, 2.05) is 13.8 Å². The molecule has 0 aromatic rings. The van der Waals surface area contributed by atoms with Crippen molar-refractivity contribution in [2.45, 2.75) is 39.2 Å². The van der Waals surface area contributed by atoms with Crippen LogP contribution in [0.4, 0.5) is 0 Å². The third-order valence-corrected chi connectivity index (χ3v) is 2.00. The predicted molar refractivity (Wildman–Crippen MR) is 59.2 cm³/mol. The highest BCUT2D eigenvalue weighted by Crippen LogP contribution is 1.86. The Hall–Kier alpha value is -1.10. The fourth-order valence-electron chi connectivity index (χ4n) is 0.969. The van der Waals surface area contributed by atoms with Crippen LogP contribution >= 0.6 is 0 Å². The molecule has 2 amide bonds. The molecule has 0 aromatic heterocycles. The number of carbonyl (C=O) groups is 2. The molecule has 0 rings (SSSR count). The summed E-state index contributed by atoms with van der Waals surface area (Å²) >= 11 is 0. The fraction of sp³-hybridized carbons (Fsp3) is 0.800. The van der Waals surface area contributed by atoms with Gasteiger partial charge in [-0.15, -0.1) is 0 Å². The number of hydrogen-bond donors (Lipinski definition) is 3. The second-order valence-corrected chi connectivity index (χ2v) is 3.41. The molecule has 4 N–H and O–H groups in total. The van der Waals surface area contributed by atoms with Crippen LogP contribution in [0.5, 0.6) is 0 Å². The Balaban J connectivity index is 3.52. The fourth-order valence-corrected chi connectivity index (χ4v) is 0.969. The Morgan fingerprint density at radius 1 is 1.20 bits per heavy atom. The standard InChI is InChI=1S/C10H21N3O2/c1-3-6-12-9(14)5-7-13-10(15)8(11)4-2/h8H,3-7,11H2,1-2H3,(H,12,14)(H,13,15)/t8-/m0/s1. The Bertz CT molecular complexity index is 207. The van der Waals surface area contributed by atoms with E-state index in [0.29, 0.717) is 25.9 Å². The van der Waals surface area contributed by atoms with E-state index in [2.05, 4.69) is 10.6 Å². The molecule has 0 spiro atoms. The first-order valence-corrected chi connectivity index (χ1v) is 5.41. The van der Waals surface area contributed by atoms with Crippen molar-refractivity contribution in [3.8, 4) is 0 Å². The van der Waals surface area contributed by atoms with Crippen LogP contribution in [0.25, 0.3) is 0 Å². The summed E-state index contributed by atoms with van der Waals surface area (Å²) in [7, 11) is 0. The highest BCUT2D eigenvalue weighted by Gasteiger charge is 2.10. The normalized spacial score (nSPS) is 11.9. The Morgan fingerprint density at radius 2 is 1.87 bits per heavy atom. The van der Waals surface area contributed by atoms with Crippen molar-refractivity contribution in [1.29, 1.82) is 0 Å². The van der Waals surface area contributed by atoms with E-state index in [1.54, 1.807) is 0 Å².